The quantitative estimate of drug-likeness (QED) is 0.0195. The number of unbranched alkanes of at least 4 members (excludes halogenated alkanes) is 38. The van der Waals surface area contributed by atoms with E-state index in [1.54, 1.807) is 6.08 Å². The Bertz CT molecular complexity index is 1360. The molecule has 0 aromatic carbocycles. The fourth-order valence-electron chi connectivity index (χ4n) is 10.1. The molecule has 446 valence electrons. The number of aliphatic hydroxyl groups excluding tert-OH is 5. The average molecular weight is 1080 g/mol. The second kappa shape index (κ2) is 54.8. The number of allylic oxidation sites excluding steroid dienone is 5. The summed E-state index contributed by atoms with van der Waals surface area (Å²) in [4.78, 5) is 25.1. The van der Waals surface area contributed by atoms with E-state index in [0.717, 1.165) is 70.6 Å². The van der Waals surface area contributed by atoms with E-state index in [4.69, 9.17) is 14.2 Å². The minimum atomic E-state index is -1.58. The van der Waals surface area contributed by atoms with Crippen molar-refractivity contribution in [1.82, 2.24) is 5.32 Å². The Labute approximate surface area is 466 Å². The summed E-state index contributed by atoms with van der Waals surface area (Å²) in [7, 11) is 0. The van der Waals surface area contributed by atoms with Crippen LogP contribution in [0.5, 0.6) is 0 Å². The normalized spacial score (nSPS) is 18.9. The molecule has 0 radical (unpaired) electrons. The van der Waals surface area contributed by atoms with Crippen molar-refractivity contribution in [1.29, 1.82) is 0 Å². The molecule has 0 bridgehead atoms. The van der Waals surface area contributed by atoms with Crippen LogP contribution < -0.4 is 5.32 Å². The van der Waals surface area contributed by atoms with Crippen molar-refractivity contribution in [2.75, 3.05) is 19.8 Å². The first-order chi connectivity index (χ1) is 37.2. The zero-order chi connectivity index (χ0) is 55.2. The molecule has 6 N–H and O–H groups in total. The minimum Gasteiger partial charge on any atom is -0.466 e. The van der Waals surface area contributed by atoms with Gasteiger partial charge in [-0.2, -0.15) is 0 Å². The molecule has 1 heterocycles. The third-order valence-corrected chi connectivity index (χ3v) is 15.2. The maximum Gasteiger partial charge on any atom is 0.305 e. The van der Waals surface area contributed by atoms with Gasteiger partial charge in [0.15, 0.2) is 6.29 Å². The fourth-order valence-corrected chi connectivity index (χ4v) is 10.1. The van der Waals surface area contributed by atoms with Gasteiger partial charge in [0.2, 0.25) is 5.91 Å². The summed E-state index contributed by atoms with van der Waals surface area (Å²) in [6.07, 6.45) is 58.5. The van der Waals surface area contributed by atoms with Crippen LogP contribution >= 0.6 is 0 Å². The largest absolute Gasteiger partial charge is 0.466 e. The topological polar surface area (TPSA) is 175 Å². The molecule has 0 aromatic heterocycles. The highest BCUT2D eigenvalue weighted by Gasteiger charge is 2.44. The molecule has 0 aromatic rings. The Hall–Kier alpha value is -2.12. The van der Waals surface area contributed by atoms with Crippen LogP contribution in [0.1, 0.15) is 303 Å². The predicted octanol–water partition coefficient (Wildman–Crippen LogP) is 15.5. The molecule has 7 atom stereocenters. The average Bonchev–Trinajstić information content (AvgIpc) is 3.42. The van der Waals surface area contributed by atoms with Gasteiger partial charge in [0.05, 0.1) is 32.0 Å². The lowest BCUT2D eigenvalue weighted by Gasteiger charge is -2.40. The van der Waals surface area contributed by atoms with Crippen LogP contribution in [-0.2, 0) is 23.8 Å². The molecule has 1 rings (SSSR count). The van der Waals surface area contributed by atoms with Crippen molar-refractivity contribution in [3.8, 4) is 0 Å². The molecule has 1 fully saturated rings. The third kappa shape index (κ3) is 43.7. The number of aliphatic hydroxyl groups is 5. The number of hydrogen-bond donors (Lipinski definition) is 6. The van der Waals surface area contributed by atoms with Gasteiger partial charge in [0.1, 0.15) is 24.4 Å². The van der Waals surface area contributed by atoms with Crippen LogP contribution in [0.2, 0.25) is 0 Å². The van der Waals surface area contributed by atoms with E-state index in [0.29, 0.717) is 19.4 Å². The molecule has 1 aliphatic heterocycles. The fraction of sp³-hybridized carbons (Fsp3) is 0.877. The van der Waals surface area contributed by atoms with Crippen LogP contribution in [0.4, 0.5) is 0 Å². The number of carbonyl (C=O) groups excluding carboxylic acids is 2. The number of amides is 1. The van der Waals surface area contributed by atoms with Crippen LogP contribution in [0, 0.1) is 0 Å². The van der Waals surface area contributed by atoms with Gasteiger partial charge in [-0.05, 0) is 70.6 Å². The van der Waals surface area contributed by atoms with Crippen LogP contribution in [0.15, 0.2) is 36.5 Å². The lowest BCUT2D eigenvalue weighted by atomic mass is 9.99. The molecule has 1 saturated heterocycles. The van der Waals surface area contributed by atoms with Gasteiger partial charge in [0, 0.05) is 12.8 Å². The number of carbonyl (C=O) groups is 2. The molecule has 76 heavy (non-hydrogen) atoms. The number of esters is 1. The van der Waals surface area contributed by atoms with Crippen molar-refractivity contribution in [3.05, 3.63) is 36.5 Å². The summed E-state index contributed by atoms with van der Waals surface area (Å²) >= 11 is 0. The first-order valence-electron chi connectivity index (χ1n) is 32.3. The first kappa shape index (κ1) is 71.9. The maximum absolute atomic E-state index is 13.0. The van der Waals surface area contributed by atoms with E-state index in [-0.39, 0.29) is 18.5 Å². The number of nitrogens with one attached hydrogen (secondary N) is 1. The Kier molecular flexibility index (Phi) is 51.9. The van der Waals surface area contributed by atoms with E-state index < -0.39 is 49.5 Å². The number of rotatable bonds is 56. The Balaban J connectivity index is 1.97. The summed E-state index contributed by atoms with van der Waals surface area (Å²) in [6, 6.07) is -0.829. The van der Waals surface area contributed by atoms with Gasteiger partial charge >= 0.3 is 5.97 Å². The molecule has 7 unspecified atom stereocenters. The highest BCUT2D eigenvalue weighted by Crippen LogP contribution is 2.23. The highest BCUT2D eigenvalue weighted by atomic mass is 16.7. The lowest BCUT2D eigenvalue weighted by Crippen LogP contribution is -2.60. The van der Waals surface area contributed by atoms with Gasteiger partial charge in [-0.3, -0.25) is 9.59 Å². The zero-order valence-corrected chi connectivity index (χ0v) is 49.2. The monoisotopic (exact) mass is 1080 g/mol. The predicted molar refractivity (Wildman–Crippen MR) is 315 cm³/mol. The molecule has 0 aliphatic carbocycles. The Morgan fingerprint density at radius 3 is 1.33 bits per heavy atom. The minimum absolute atomic E-state index is 0.00382. The van der Waals surface area contributed by atoms with Gasteiger partial charge in [-0.15, -0.1) is 0 Å². The third-order valence-electron chi connectivity index (χ3n) is 15.2. The summed E-state index contributed by atoms with van der Waals surface area (Å²) < 4.78 is 16.7. The van der Waals surface area contributed by atoms with Gasteiger partial charge in [-0.25, -0.2) is 0 Å². The van der Waals surface area contributed by atoms with Crippen molar-refractivity contribution in [3.63, 3.8) is 0 Å². The SMILES string of the molecule is CCCCC/C=C/CC/C=C/C(O)C(COC1OC(CO)C(O)C(O)C1O)NC(=O)CCCCCCCCCC/C=C\CCCCCCCCCCCCCCOC(=O)CCCCCCCCCCCCCCCCC. The standard InChI is InChI=1S/C65H121NO10/c1-3-5-7-9-11-13-14-15-26-30-33-37-41-45-49-53-61(70)74-54-50-46-42-38-34-31-28-25-23-21-19-17-16-18-20-22-24-27-29-32-36-40-44-48-52-60(69)66-57(58(68)51-47-43-39-35-12-10-8-6-4-2)56-75-65-64(73)63(72)62(71)59(55-67)76-65/h12,18,20,35,47,51,57-59,62-65,67-68,71-73H,3-11,13-17,19,21-34,36-46,48-50,52-56H2,1-2H3,(H,66,69)/b20-18-,35-12+,51-47+. The van der Waals surface area contributed by atoms with Gasteiger partial charge < -0.3 is 45.1 Å². The number of ether oxygens (including phenoxy) is 3. The van der Waals surface area contributed by atoms with E-state index >= 15 is 0 Å². The smallest absolute Gasteiger partial charge is 0.305 e. The second-order valence-corrected chi connectivity index (χ2v) is 22.5. The molecule has 0 saturated carbocycles. The van der Waals surface area contributed by atoms with Gasteiger partial charge in [0.25, 0.3) is 0 Å². The second-order valence-electron chi connectivity index (χ2n) is 22.5. The van der Waals surface area contributed by atoms with E-state index in [1.807, 2.05) is 6.08 Å². The molecule has 0 spiro atoms. The van der Waals surface area contributed by atoms with E-state index in [9.17, 15) is 35.1 Å². The molecular formula is C65H121NO10. The summed E-state index contributed by atoms with van der Waals surface area (Å²) in [5.41, 5.74) is 0. The first-order valence-corrected chi connectivity index (χ1v) is 32.3. The maximum atomic E-state index is 13.0. The summed E-state index contributed by atoms with van der Waals surface area (Å²) in [6.45, 7) is 4.29. The Morgan fingerprint density at radius 2 is 0.855 bits per heavy atom. The molecular weight excluding hydrogens is 955 g/mol. The molecule has 1 aliphatic rings. The molecule has 1 amide bonds. The summed E-state index contributed by atoms with van der Waals surface area (Å²) in [5, 5.41) is 54.2. The van der Waals surface area contributed by atoms with Crippen LogP contribution in [0.25, 0.3) is 0 Å². The van der Waals surface area contributed by atoms with E-state index in [1.165, 1.54) is 205 Å². The van der Waals surface area contributed by atoms with Gasteiger partial charge in [-0.1, -0.05) is 256 Å². The molecule has 11 nitrogen and oxygen atoms in total. The van der Waals surface area contributed by atoms with Crippen LogP contribution in [0.3, 0.4) is 0 Å². The number of hydrogen-bond acceptors (Lipinski definition) is 10. The van der Waals surface area contributed by atoms with E-state index in [2.05, 4.69) is 43.5 Å². The molecule has 11 heteroatoms. The Morgan fingerprint density at radius 1 is 0.474 bits per heavy atom. The van der Waals surface area contributed by atoms with Crippen molar-refractivity contribution >= 4 is 11.9 Å². The van der Waals surface area contributed by atoms with Crippen molar-refractivity contribution in [2.45, 2.75) is 346 Å². The van der Waals surface area contributed by atoms with Crippen LogP contribution in [-0.4, -0.2) is 100 Å². The highest BCUT2D eigenvalue weighted by molar-refractivity contribution is 5.76. The van der Waals surface area contributed by atoms with Crippen molar-refractivity contribution < 1.29 is 49.3 Å². The zero-order valence-electron chi connectivity index (χ0n) is 49.2. The lowest BCUT2D eigenvalue weighted by molar-refractivity contribution is -0.302. The van der Waals surface area contributed by atoms with Crippen molar-refractivity contribution in [2.24, 2.45) is 0 Å². The summed E-state index contributed by atoms with van der Waals surface area (Å²) in [5.74, 6) is -0.195.